The van der Waals surface area contributed by atoms with Gasteiger partial charge in [0.25, 0.3) is 0 Å². The van der Waals surface area contributed by atoms with Crippen molar-refractivity contribution in [1.29, 1.82) is 0 Å². The Morgan fingerprint density at radius 2 is 2.00 bits per heavy atom. The first-order chi connectivity index (χ1) is 8.20. The van der Waals surface area contributed by atoms with E-state index in [0.29, 0.717) is 19.3 Å². The summed E-state index contributed by atoms with van der Waals surface area (Å²) in [6, 6.07) is 0.811. The zero-order valence-electron chi connectivity index (χ0n) is 10.6. The Morgan fingerprint density at radius 1 is 1.24 bits per heavy atom. The molecule has 4 nitrogen and oxygen atoms in total. The van der Waals surface area contributed by atoms with E-state index < -0.39 is 0 Å². The lowest BCUT2D eigenvalue weighted by Crippen LogP contribution is -2.54. The molecular formula is C13H23NO3. The summed E-state index contributed by atoms with van der Waals surface area (Å²) in [6.45, 7) is 4.78. The molecule has 0 bridgehead atoms. The average Bonchev–Trinajstić information content (AvgIpc) is 2.92. The SMILES string of the molecule is CC1CCCN1C1CC2(CCC1O)OCCO2. The molecule has 3 rings (SSSR count). The predicted molar refractivity (Wildman–Crippen MR) is 63.7 cm³/mol. The second kappa shape index (κ2) is 4.50. The van der Waals surface area contributed by atoms with Crippen molar-refractivity contribution in [2.24, 2.45) is 0 Å². The van der Waals surface area contributed by atoms with Crippen LogP contribution in [0.3, 0.4) is 0 Å². The summed E-state index contributed by atoms with van der Waals surface area (Å²) >= 11 is 0. The fraction of sp³-hybridized carbons (Fsp3) is 1.00. The highest BCUT2D eigenvalue weighted by Gasteiger charge is 2.47. The van der Waals surface area contributed by atoms with Gasteiger partial charge in [-0.05, 0) is 32.7 Å². The Kier molecular flexibility index (Phi) is 3.15. The average molecular weight is 241 g/mol. The minimum Gasteiger partial charge on any atom is -0.391 e. The van der Waals surface area contributed by atoms with Gasteiger partial charge in [-0.3, -0.25) is 4.90 Å². The minimum absolute atomic E-state index is 0.214. The van der Waals surface area contributed by atoms with E-state index in [-0.39, 0.29) is 17.9 Å². The van der Waals surface area contributed by atoms with Gasteiger partial charge in [0.05, 0.1) is 19.3 Å². The Bertz CT molecular complexity index is 278. The molecule has 1 spiro atoms. The van der Waals surface area contributed by atoms with Crippen molar-refractivity contribution in [3.8, 4) is 0 Å². The molecule has 2 heterocycles. The van der Waals surface area contributed by atoms with Crippen LogP contribution in [0.5, 0.6) is 0 Å². The Hall–Kier alpha value is -0.160. The van der Waals surface area contributed by atoms with E-state index in [9.17, 15) is 5.11 Å². The molecule has 1 N–H and O–H groups in total. The molecule has 0 aromatic heterocycles. The third-order valence-corrected chi connectivity index (χ3v) is 4.63. The van der Waals surface area contributed by atoms with Crippen molar-refractivity contribution in [2.45, 2.75) is 63.0 Å². The number of nitrogens with zero attached hydrogens (tertiary/aromatic N) is 1. The molecule has 1 saturated carbocycles. The van der Waals surface area contributed by atoms with Gasteiger partial charge in [-0.1, -0.05) is 0 Å². The van der Waals surface area contributed by atoms with Crippen molar-refractivity contribution < 1.29 is 14.6 Å². The van der Waals surface area contributed by atoms with E-state index in [1.54, 1.807) is 0 Å². The maximum atomic E-state index is 10.2. The van der Waals surface area contributed by atoms with Gasteiger partial charge < -0.3 is 14.6 Å². The van der Waals surface area contributed by atoms with Crippen molar-refractivity contribution in [3.05, 3.63) is 0 Å². The molecule has 3 unspecified atom stereocenters. The van der Waals surface area contributed by atoms with E-state index >= 15 is 0 Å². The monoisotopic (exact) mass is 241 g/mol. The summed E-state index contributed by atoms with van der Waals surface area (Å²) in [4.78, 5) is 2.45. The maximum Gasteiger partial charge on any atom is 0.170 e. The largest absolute Gasteiger partial charge is 0.391 e. The minimum atomic E-state index is -0.383. The molecule has 2 aliphatic heterocycles. The molecule has 0 aromatic carbocycles. The van der Waals surface area contributed by atoms with Gasteiger partial charge in [0.15, 0.2) is 5.79 Å². The molecule has 98 valence electrons. The van der Waals surface area contributed by atoms with Crippen LogP contribution in [0.4, 0.5) is 0 Å². The van der Waals surface area contributed by atoms with Gasteiger partial charge in [0.1, 0.15) is 0 Å². The quantitative estimate of drug-likeness (QED) is 0.747. The molecule has 4 heteroatoms. The zero-order chi connectivity index (χ0) is 11.9. The highest BCUT2D eigenvalue weighted by atomic mass is 16.7. The maximum absolute atomic E-state index is 10.2. The van der Waals surface area contributed by atoms with E-state index in [4.69, 9.17) is 9.47 Å². The summed E-state index contributed by atoms with van der Waals surface area (Å²) in [7, 11) is 0. The molecule has 3 atom stereocenters. The summed E-state index contributed by atoms with van der Waals surface area (Å²) in [5.41, 5.74) is 0. The van der Waals surface area contributed by atoms with Crippen LogP contribution in [-0.4, -0.2) is 53.7 Å². The number of rotatable bonds is 1. The third-order valence-electron chi connectivity index (χ3n) is 4.63. The number of aliphatic hydroxyl groups is 1. The molecular weight excluding hydrogens is 218 g/mol. The Labute approximate surface area is 103 Å². The number of aliphatic hydroxyl groups excluding tert-OH is 1. The lowest BCUT2D eigenvalue weighted by Gasteiger charge is -2.44. The molecule has 3 aliphatic rings. The summed E-state index contributed by atoms with van der Waals surface area (Å²) < 4.78 is 11.6. The van der Waals surface area contributed by atoms with Crippen LogP contribution in [0, 0.1) is 0 Å². The van der Waals surface area contributed by atoms with E-state index in [2.05, 4.69) is 11.8 Å². The first-order valence-electron chi connectivity index (χ1n) is 6.92. The second-order valence-electron chi connectivity index (χ2n) is 5.71. The van der Waals surface area contributed by atoms with E-state index in [0.717, 1.165) is 25.8 Å². The smallest absolute Gasteiger partial charge is 0.170 e. The van der Waals surface area contributed by atoms with Crippen LogP contribution in [0.25, 0.3) is 0 Å². The van der Waals surface area contributed by atoms with Crippen LogP contribution in [0.2, 0.25) is 0 Å². The third kappa shape index (κ3) is 2.12. The van der Waals surface area contributed by atoms with Crippen LogP contribution in [0.1, 0.15) is 39.0 Å². The highest BCUT2D eigenvalue weighted by molar-refractivity contribution is 4.95. The second-order valence-corrected chi connectivity index (χ2v) is 5.71. The summed E-state index contributed by atoms with van der Waals surface area (Å²) in [5.74, 6) is -0.383. The number of hydrogen-bond donors (Lipinski definition) is 1. The summed E-state index contributed by atoms with van der Waals surface area (Å²) in [5, 5.41) is 10.2. The van der Waals surface area contributed by atoms with Gasteiger partial charge >= 0.3 is 0 Å². The molecule has 3 fully saturated rings. The van der Waals surface area contributed by atoms with E-state index in [1.165, 1.54) is 12.8 Å². The van der Waals surface area contributed by atoms with Crippen LogP contribution < -0.4 is 0 Å². The molecule has 2 saturated heterocycles. The first kappa shape index (κ1) is 11.9. The normalized spacial score (nSPS) is 42.4. The molecule has 0 radical (unpaired) electrons. The van der Waals surface area contributed by atoms with Gasteiger partial charge in [0, 0.05) is 24.9 Å². The lowest BCUT2D eigenvalue weighted by molar-refractivity contribution is -0.205. The van der Waals surface area contributed by atoms with Gasteiger partial charge in [-0.25, -0.2) is 0 Å². The van der Waals surface area contributed by atoms with Crippen LogP contribution >= 0.6 is 0 Å². The van der Waals surface area contributed by atoms with Crippen LogP contribution in [-0.2, 0) is 9.47 Å². The topological polar surface area (TPSA) is 41.9 Å². The number of ether oxygens (including phenoxy) is 2. The standard InChI is InChI=1S/C13H23NO3/c1-10-3-2-6-14(10)11-9-13(5-4-12(11)15)16-7-8-17-13/h10-12,15H,2-9H2,1H3. The van der Waals surface area contributed by atoms with Gasteiger partial charge in [-0.2, -0.15) is 0 Å². The summed E-state index contributed by atoms with van der Waals surface area (Å²) in [6.07, 6.45) is 4.75. The van der Waals surface area contributed by atoms with Gasteiger partial charge in [0.2, 0.25) is 0 Å². The Morgan fingerprint density at radius 3 is 2.65 bits per heavy atom. The van der Waals surface area contributed by atoms with Crippen molar-refractivity contribution in [1.82, 2.24) is 4.90 Å². The predicted octanol–water partition coefficient (Wildman–Crippen LogP) is 1.13. The van der Waals surface area contributed by atoms with Crippen molar-refractivity contribution in [3.63, 3.8) is 0 Å². The number of hydrogen-bond acceptors (Lipinski definition) is 4. The zero-order valence-corrected chi connectivity index (χ0v) is 10.6. The highest BCUT2D eigenvalue weighted by Crippen LogP contribution is 2.39. The fourth-order valence-electron chi connectivity index (χ4n) is 3.66. The first-order valence-corrected chi connectivity index (χ1v) is 6.92. The molecule has 0 amide bonds. The number of likely N-dealkylation sites (tertiary alicyclic amines) is 1. The fourth-order valence-corrected chi connectivity index (χ4v) is 3.66. The van der Waals surface area contributed by atoms with Crippen molar-refractivity contribution in [2.75, 3.05) is 19.8 Å². The van der Waals surface area contributed by atoms with Crippen LogP contribution in [0.15, 0.2) is 0 Å². The van der Waals surface area contributed by atoms with E-state index in [1.807, 2.05) is 0 Å². The van der Waals surface area contributed by atoms with Gasteiger partial charge in [-0.15, -0.1) is 0 Å². The molecule has 1 aliphatic carbocycles. The molecule has 17 heavy (non-hydrogen) atoms. The lowest BCUT2D eigenvalue weighted by atomic mass is 9.86. The molecule has 0 aromatic rings. The Balaban J connectivity index is 1.73. The van der Waals surface area contributed by atoms with Crippen molar-refractivity contribution >= 4 is 0 Å².